The molecule has 9 heteroatoms. The van der Waals surface area contributed by atoms with Gasteiger partial charge in [0.15, 0.2) is 5.96 Å². The molecule has 0 spiro atoms. The van der Waals surface area contributed by atoms with Crippen LogP contribution < -0.4 is 11.1 Å². The minimum Gasteiger partial charge on any atom is -0.450 e. The second-order valence-electron chi connectivity index (χ2n) is 7.11. The predicted molar refractivity (Wildman–Crippen MR) is 118 cm³/mol. The fraction of sp³-hybridized carbons (Fsp3) is 0.889. The summed E-state index contributed by atoms with van der Waals surface area (Å²) < 4.78 is 10.2. The van der Waals surface area contributed by atoms with Crippen molar-refractivity contribution in [1.29, 1.82) is 0 Å². The largest absolute Gasteiger partial charge is 0.450 e. The second kappa shape index (κ2) is 13.4. The van der Waals surface area contributed by atoms with Gasteiger partial charge in [0.2, 0.25) is 0 Å². The Morgan fingerprint density at radius 3 is 2.44 bits per heavy atom. The van der Waals surface area contributed by atoms with Gasteiger partial charge in [0.05, 0.1) is 13.2 Å². The standard InChI is InChI=1S/C18H35N5O3.HI/c1-3-26-18(24)23-10-6-16(7-11-23)21-17(19)20-14-15-4-8-22(9-5-15)12-13-25-2;/h15-16H,3-14H2,1-2H3,(H3,19,20,21);1H. The Labute approximate surface area is 180 Å². The van der Waals surface area contributed by atoms with Crippen LogP contribution in [-0.4, -0.2) is 87.5 Å². The van der Waals surface area contributed by atoms with Crippen molar-refractivity contribution >= 4 is 36.0 Å². The summed E-state index contributed by atoms with van der Waals surface area (Å²) in [4.78, 5) is 20.5. The minimum atomic E-state index is -0.218. The number of amides is 1. The number of likely N-dealkylation sites (tertiary alicyclic amines) is 2. The lowest BCUT2D eigenvalue weighted by atomic mass is 9.97. The third-order valence-corrected chi connectivity index (χ3v) is 5.21. The van der Waals surface area contributed by atoms with E-state index < -0.39 is 0 Å². The van der Waals surface area contributed by atoms with E-state index in [4.69, 9.17) is 15.2 Å². The van der Waals surface area contributed by atoms with Gasteiger partial charge in [-0.3, -0.25) is 4.99 Å². The van der Waals surface area contributed by atoms with Crippen LogP contribution in [0, 0.1) is 5.92 Å². The lowest BCUT2D eigenvalue weighted by Gasteiger charge is -2.32. The maximum atomic E-state index is 11.7. The summed E-state index contributed by atoms with van der Waals surface area (Å²) >= 11 is 0. The summed E-state index contributed by atoms with van der Waals surface area (Å²) in [5.41, 5.74) is 6.06. The van der Waals surface area contributed by atoms with E-state index in [0.717, 1.165) is 45.6 Å². The van der Waals surface area contributed by atoms with Crippen LogP contribution in [0.4, 0.5) is 4.79 Å². The summed E-state index contributed by atoms with van der Waals surface area (Å²) in [6, 6.07) is 0.278. The number of guanidine groups is 1. The Morgan fingerprint density at radius 2 is 1.85 bits per heavy atom. The van der Waals surface area contributed by atoms with Crippen LogP contribution >= 0.6 is 24.0 Å². The number of nitrogens with two attached hydrogens (primary N) is 1. The van der Waals surface area contributed by atoms with Crippen LogP contribution in [0.25, 0.3) is 0 Å². The van der Waals surface area contributed by atoms with Crippen molar-refractivity contribution in [2.45, 2.75) is 38.6 Å². The van der Waals surface area contributed by atoms with Gasteiger partial charge >= 0.3 is 6.09 Å². The number of carbonyl (C=O) groups excluding carboxylic acids is 1. The molecule has 0 aromatic rings. The van der Waals surface area contributed by atoms with E-state index in [9.17, 15) is 4.79 Å². The zero-order valence-corrected chi connectivity index (χ0v) is 19.0. The van der Waals surface area contributed by atoms with Gasteiger partial charge in [-0.1, -0.05) is 0 Å². The summed E-state index contributed by atoms with van der Waals surface area (Å²) in [5, 5.41) is 3.31. The lowest BCUT2D eigenvalue weighted by molar-refractivity contribution is 0.0963. The van der Waals surface area contributed by atoms with Crippen molar-refractivity contribution in [2.75, 3.05) is 59.6 Å². The Kier molecular flexibility index (Phi) is 12.0. The van der Waals surface area contributed by atoms with Crippen molar-refractivity contribution in [2.24, 2.45) is 16.6 Å². The highest BCUT2D eigenvalue weighted by Gasteiger charge is 2.24. The molecule has 158 valence electrons. The molecule has 0 saturated carbocycles. The Morgan fingerprint density at radius 1 is 1.19 bits per heavy atom. The van der Waals surface area contributed by atoms with E-state index in [1.54, 1.807) is 12.0 Å². The number of halogens is 1. The first-order chi connectivity index (χ1) is 12.6. The first kappa shape index (κ1) is 24.2. The zero-order chi connectivity index (χ0) is 18.8. The summed E-state index contributed by atoms with van der Waals surface area (Å²) in [6.45, 7) is 8.47. The third-order valence-electron chi connectivity index (χ3n) is 5.21. The van der Waals surface area contributed by atoms with Gasteiger partial charge in [-0.25, -0.2) is 4.79 Å². The van der Waals surface area contributed by atoms with Gasteiger partial charge in [0, 0.05) is 39.3 Å². The van der Waals surface area contributed by atoms with E-state index in [2.05, 4.69) is 15.2 Å². The van der Waals surface area contributed by atoms with Crippen LogP contribution in [0.2, 0.25) is 0 Å². The highest BCUT2D eigenvalue weighted by Crippen LogP contribution is 2.17. The molecule has 0 atom stereocenters. The normalized spacial score (nSPS) is 20.2. The van der Waals surface area contributed by atoms with Crippen molar-refractivity contribution in [1.82, 2.24) is 15.1 Å². The van der Waals surface area contributed by atoms with Crippen LogP contribution in [0.3, 0.4) is 0 Å². The van der Waals surface area contributed by atoms with Gasteiger partial charge in [-0.2, -0.15) is 0 Å². The monoisotopic (exact) mass is 497 g/mol. The number of rotatable bonds is 7. The van der Waals surface area contributed by atoms with Crippen molar-refractivity contribution in [3.05, 3.63) is 0 Å². The van der Waals surface area contributed by atoms with Gasteiger partial charge in [0.25, 0.3) is 0 Å². The van der Waals surface area contributed by atoms with Gasteiger partial charge < -0.3 is 30.3 Å². The number of ether oxygens (including phenoxy) is 2. The number of nitrogens with zero attached hydrogens (tertiary/aromatic N) is 3. The number of hydrogen-bond donors (Lipinski definition) is 2. The molecular weight excluding hydrogens is 461 g/mol. The molecule has 8 nitrogen and oxygen atoms in total. The third kappa shape index (κ3) is 8.82. The Bertz CT molecular complexity index is 450. The number of carbonyl (C=O) groups is 1. The average Bonchev–Trinajstić information content (AvgIpc) is 2.66. The first-order valence-electron chi connectivity index (χ1n) is 9.81. The number of hydrogen-bond acceptors (Lipinski definition) is 5. The van der Waals surface area contributed by atoms with E-state index in [1.165, 1.54) is 12.8 Å². The number of methoxy groups -OCH3 is 1. The molecule has 27 heavy (non-hydrogen) atoms. The molecule has 2 aliphatic rings. The van der Waals surface area contributed by atoms with E-state index in [-0.39, 0.29) is 36.1 Å². The van der Waals surface area contributed by atoms with E-state index in [1.807, 2.05) is 6.92 Å². The topological polar surface area (TPSA) is 92.4 Å². The highest BCUT2D eigenvalue weighted by molar-refractivity contribution is 14.0. The molecule has 2 aliphatic heterocycles. The molecule has 2 saturated heterocycles. The molecule has 2 fully saturated rings. The smallest absolute Gasteiger partial charge is 0.409 e. The fourth-order valence-corrected chi connectivity index (χ4v) is 3.52. The molecule has 0 aliphatic carbocycles. The molecule has 0 unspecified atom stereocenters. The van der Waals surface area contributed by atoms with Crippen LogP contribution in [-0.2, 0) is 9.47 Å². The Balaban J connectivity index is 0.00000364. The molecule has 0 bridgehead atoms. The molecule has 1 amide bonds. The summed E-state index contributed by atoms with van der Waals surface area (Å²) in [7, 11) is 1.75. The van der Waals surface area contributed by atoms with Crippen molar-refractivity contribution in [3.63, 3.8) is 0 Å². The number of piperidine rings is 2. The maximum Gasteiger partial charge on any atom is 0.409 e. The van der Waals surface area contributed by atoms with Crippen LogP contribution in [0.15, 0.2) is 4.99 Å². The van der Waals surface area contributed by atoms with E-state index >= 15 is 0 Å². The van der Waals surface area contributed by atoms with Crippen molar-refractivity contribution in [3.8, 4) is 0 Å². The zero-order valence-electron chi connectivity index (χ0n) is 16.7. The minimum absolute atomic E-state index is 0. The van der Waals surface area contributed by atoms with Gasteiger partial charge in [-0.05, 0) is 51.6 Å². The van der Waals surface area contributed by atoms with Crippen LogP contribution in [0.1, 0.15) is 32.6 Å². The molecule has 0 radical (unpaired) electrons. The molecular formula is C18H36IN5O3. The van der Waals surface area contributed by atoms with Crippen molar-refractivity contribution < 1.29 is 14.3 Å². The summed E-state index contributed by atoms with van der Waals surface area (Å²) in [6.07, 6.45) is 3.85. The fourth-order valence-electron chi connectivity index (χ4n) is 3.52. The number of aliphatic imine (C=N–C) groups is 1. The van der Waals surface area contributed by atoms with Gasteiger partial charge in [0.1, 0.15) is 0 Å². The SMILES string of the molecule is CCOC(=O)N1CCC(NC(N)=NCC2CCN(CCOC)CC2)CC1.I. The average molecular weight is 497 g/mol. The molecule has 2 rings (SSSR count). The second-order valence-corrected chi connectivity index (χ2v) is 7.11. The van der Waals surface area contributed by atoms with E-state index in [0.29, 0.717) is 31.6 Å². The lowest BCUT2D eigenvalue weighted by Crippen LogP contribution is -2.48. The van der Waals surface area contributed by atoms with Gasteiger partial charge in [-0.15, -0.1) is 24.0 Å². The molecule has 0 aromatic heterocycles. The molecule has 3 N–H and O–H groups in total. The maximum absolute atomic E-state index is 11.7. The molecule has 0 aromatic carbocycles. The Hall–Kier alpha value is -0.810. The number of nitrogens with one attached hydrogen (secondary N) is 1. The molecule has 2 heterocycles. The van der Waals surface area contributed by atoms with Crippen LogP contribution in [0.5, 0.6) is 0 Å². The quantitative estimate of drug-likeness (QED) is 0.315. The predicted octanol–water partition coefficient (Wildman–Crippen LogP) is 1.49. The summed E-state index contributed by atoms with van der Waals surface area (Å²) in [5.74, 6) is 1.14. The highest BCUT2D eigenvalue weighted by atomic mass is 127. The first-order valence-corrected chi connectivity index (χ1v) is 9.81.